The maximum atomic E-state index is 13.5. The van der Waals surface area contributed by atoms with Gasteiger partial charge in [0, 0.05) is 28.3 Å². The van der Waals surface area contributed by atoms with E-state index in [1.807, 2.05) is 18.3 Å². The summed E-state index contributed by atoms with van der Waals surface area (Å²) < 4.78 is 0. The second-order valence-electron chi connectivity index (χ2n) is 11.5. The van der Waals surface area contributed by atoms with E-state index in [-0.39, 0.29) is 16.6 Å². The Labute approximate surface area is 258 Å². The summed E-state index contributed by atoms with van der Waals surface area (Å²) in [4.78, 5) is 13.5. The first-order valence-corrected chi connectivity index (χ1v) is 20.9. The van der Waals surface area contributed by atoms with Crippen molar-refractivity contribution >= 4 is 63.2 Å². The third-order valence-electron chi connectivity index (χ3n) is 6.35. The van der Waals surface area contributed by atoms with E-state index in [4.69, 9.17) is 27.9 Å². The third kappa shape index (κ3) is 9.19. The monoisotopic (exact) mass is 646 g/mol. The Hall–Kier alpha value is -1.64. The van der Waals surface area contributed by atoms with E-state index < -0.39 is 22.6 Å². The summed E-state index contributed by atoms with van der Waals surface area (Å²) >= 11 is -1.92. The average molecular weight is 648 g/mol. The van der Waals surface area contributed by atoms with Crippen LogP contribution >= 0.6 is 35.8 Å². The van der Waals surface area contributed by atoms with Gasteiger partial charge in [-0.15, -0.1) is 0 Å². The first-order chi connectivity index (χ1) is 18.8. The van der Waals surface area contributed by atoms with Crippen LogP contribution in [0, 0.1) is 10.8 Å². The standard InChI is InChI=1S/C33H36NOP.3ClH.Ti/c1-32(2,3)25-21-24(31(35)28(22-25)33(4,5)6)23-34-29-19-13-14-20-30(29)36(26-15-9-7-10-16-26)27-17-11-8-12-18-27;;;;/h7-23,34H,1-6H3;3*1H;/q;;;;+3/p-3/b24-23-;;;;. The van der Waals surface area contributed by atoms with Crippen LogP contribution in [0.1, 0.15) is 41.5 Å². The quantitative estimate of drug-likeness (QED) is 0.170. The van der Waals surface area contributed by atoms with Crippen LogP contribution in [0.5, 0.6) is 0 Å². The third-order valence-corrected chi connectivity index (χ3v) is 8.85. The van der Waals surface area contributed by atoms with Crippen molar-refractivity contribution in [1.82, 2.24) is 0 Å². The summed E-state index contributed by atoms with van der Waals surface area (Å²) in [6.45, 7) is 12.9. The van der Waals surface area contributed by atoms with E-state index in [0.29, 0.717) is 5.57 Å². The summed E-state index contributed by atoms with van der Waals surface area (Å²) in [6.07, 6.45) is 6.04. The van der Waals surface area contributed by atoms with Gasteiger partial charge >= 0.3 is 42.6 Å². The molecule has 1 aliphatic carbocycles. The van der Waals surface area contributed by atoms with Crippen LogP contribution in [-0.2, 0) is 19.5 Å². The molecule has 3 aromatic carbocycles. The molecule has 0 heterocycles. The number of anilines is 1. The van der Waals surface area contributed by atoms with Crippen molar-refractivity contribution in [3.63, 3.8) is 0 Å². The number of hydrogen-bond donors (Lipinski definition) is 1. The zero-order valence-corrected chi connectivity index (χ0v) is 28.5. The number of halogens is 3. The van der Waals surface area contributed by atoms with Crippen molar-refractivity contribution in [2.45, 2.75) is 41.5 Å². The summed E-state index contributed by atoms with van der Waals surface area (Å²) in [5.41, 5.74) is 3.47. The molecule has 0 fully saturated rings. The van der Waals surface area contributed by atoms with Crippen molar-refractivity contribution in [2.24, 2.45) is 10.8 Å². The van der Waals surface area contributed by atoms with Crippen LogP contribution in [0.3, 0.4) is 0 Å². The normalized spacial score (nSPS) is 14.8. The first kappa shape index (κ1) is 32.9. The van der Waals surface area contributed by atoms with Crippen molar-refractivity contribution in [3.05, 3.63) is 120 Å². The van der Waals surface area contributed by atoms with E-state index in [1.165, 1.54) is 21.5 Å². The second kappa shape index (κ2) is 14.5. The fraction of sp³-hybridized carbons (Fsp3) is 0.242. The molecule has 1 N–H and O–H groups in total. The zero-order chi connectivity index (χ0) is 29.5. The number of hydrogen-bond acceptors (Lipinski definition) is 2. The first-order valence-electron chi connectivity index (χ1n) is 13.1. The van der Waals surface area contributed by atoms with Gasteiger partial charge in [0.1, 0.15) is 0 Å². The maximum absolute atomic E-state index is 13.5. The molecular weight excluding hydrogens is 612 g/mol. The number of para-hydroxylation sites is 1. The van der Waals surface area contributed by atoms with Gasteiger partial charge in [-0.05, 0) is 47.1 Å². The van der Waals surface area contributed by atoms with Gasteiger partial charge in [-0.2, -0.15) is 0 Å². The van der Waals surface area contributed by atoms with Crippen molar-refractivity contribution in [2.75, 3.05) is 5.32 Å². The Bertz CT molecular complexity index is 1350. The Morgan fingerprint density at radius 2 is 1.18 bits per heavy atom. The molecule has 40 heavy (non-hydrogen) atoms. The van der Waals surface area contributed by atoms with E-state index in [2.05, 4.69) is 132 Å². The number of ketones is 1. The molecule has 0 amide bonds. The molecule has 7 heteroatoms. The fourth-order valence-electron chi connectivity index (χ4n) is 4.28. The van der Waals surface area contributed by atoms with Crippen LogP contribution in [0.2, 0.25) is 0 Å². The van der Waals surface area contributed by atoms with Crippen LogP contribution in [0.15, 0.2) is 120 Å². The molecule has 4 rings (SSSR count). The Morgan fingerprint density at radius 3 is 1.65 bits per heavy atom. The van der Waals surface area contributed by atoms with Gasteiger partial charge < -0.3 is 5.32 Å². The van der Waals surface area contributed by atoms with Gasteiger partial charge in [-0.1, -0.05) is 126 Å². The molecule has 0 aromatic heterocycles. The number of carbonyl (C=O) groups is 1. The molecule has 0 saturated heterocycles. The zero-order valence-electron chi connectivity index (χ0n) is 23.8. The predicted octanol–water partition coefficient (Wildman–Crippen LogP) is 9.33. The van der Waals surface area contributed by atoms with Gasteiger partial charge in [0.05, 0.1) is 0 Å². The average Bonchev–Trinajstić information content (AvgIpc) is 2.88. The molecule has 0 saturated carbocycles. The minimum atomic E-state index is -1.92. The SMILES string of the molecule is CC(C)(C)C1=C/C(=C/Nc2ccccc2P(c2ccccc2)c2ccccc2)C(=O)C(C(C)(C)C)=C1.[Cl][Ti]([Cl])[Cl]. The van der Waals surface area contributed by atoms with Crippen molar-refractivity contribution < 1.29 is 19.5 Å². The molecule has 0 radical (unpaired) electrons. The topological polar surface area (TPSA) is 29.1 Å². The number of Topliss-reactive ketones (excluding diaryl/α,β-unsaturated/α-hetero) is 1. The van der Waals surface area contributed by atoms with Gasteiger partial charge in [0.25, 0.3) is 0 Å². The Balaban J connectivity index is 0.00000103. The molecule has 0 atom stereocenters. The number of benzene rings is 3. The minimum absolute atomic E-state index is 0.0524. The predicted molar refractivity (Wildman–Crippen MR) is 174 cm³/mol. The number of allylic oxidation sites excluding steroid dienone is 5. The summed E-state index contributed by atoms with van der Waals surface area (Å²) in [6, 6.07) is 29.8. The van der Waals surface area contributed by atoms with E-state index in [9.17, 15) is 4.79 Å². The second-order valence-corrected chi connectivity index (χ2v) is 21.4. The summed E-state index contributed by atoms with van der Waals surface area (Å²) in [5, 5.41) is 7.36. The van der Waals surface area contributed by atoms with Gasteiger partial charge in [-0.25, -0.2) is 0 Å². The molecule has 0 spiro atoms. The van der Waals surface area contributed by atoms with Crippen LogP contribution in [-0.4, -0.2) is 5.78 Å². The summed E-state index contributed by atoms with van der Waals surface area (Å²) in [7, 11) is 14.2. The fourth-order valence-corrected chi connectivity index (χ4v) is 6.69. The van der Waals surface area contributed by atoms with E-state index in [0.717, 1.165) is 11.3 Å². The summed E-state index contributed by atoms with van der Waals surface area (Å²) in [5.74, 6) is 0.0915. The van der Waals surface area contributed by atoms with Crippen LogP contribution < -0.4 is 21.2 Å². The number of rotatable bonds is 5. The molecular formula is C33H36Cl3NOPTi. The van der Waals surface area contributed by atoms with Gasteiger partial charge in [0.15, 0.2) is 5.78 Å². The molecule has 0 aliphatic heterocycles. The molecule has 3 aromatic rings. The van der Waals surface area contributed by atoms with Crippen molar-refractivity contribution in [1.29, 1.82) is 0 Å². The molecule has 2 nitrogen and oxygen atoms in total. The number of carbonyl (C=O) groups excluding carboxylic acids is 1. The van der Waals surface area contributed by atoms with E-state index in [1.54, 1.807) is 0 Å². The number of nitrogens with one attached hydrogen (secondary N) is 1. The Kier molecular flexibility index (Phi) is 11.9. The molecule has 0 unspecified atom stereocenters. The van der Waals surface area contributed by atoms with Crippen LogP contribution in [0.4, 0.5) is 5.69 Å². The van der Waals surface area contributed by atoms with Crippen LogP contribution in [0.25, 0.3) is 0 Å². The molecule has 0 bridgehead atoms. The van der Waals surface area contributed by atoms with Gasteiger partial charge in [-0.3, -0.25) is 4.79 Å². The molecule has 209 valence electrons. The van der Waals surface area contributed by atoms with Gasteiger partial charge in [0.2, 0.25) is 0 Å². The molecule has 1 aliphatic rings. The van der Waals surface area contributed by atoms with E-state index >= 15 is 0 Å². The Morgan fingerprint density at radius 1 is 0.700 bits per heavy atom. The van der Waals surface area contributed by atoms with Crippen molar-refractivity contribution in [3.8, 4) is 0 Å².